The molecule has 0 radical (unpaired) electrons. The molecule has 0 aliphatic rings. The summed E-state index contributed by atoms with van der Waals surface area (Å²) in [6.45, 7) is 5.98. The van der Waals surface area contributed by atoms with E-state index < -0.39 is 0 Å². The van der Waals surface area contributed by atoms with E-state index in [-0.39, 0.29) is 0 Å². The number of likely N-dealkylation sites (N-methyl/N-ethyl adjacent to an activating group) is 2. The van der Waals surface area contributed by atoms with E-state index >= 15 is 0 Å². The molecule has 0 saturated heterocycles. The summed E-state index contributed by atoms with van der Waals surface area (Å²) in [5, 5.41) is 3.22. The van der Waals surface area contributed by atoms with Crippen LogP contribution in [-0.2, 0) is 0 Å². The van der Waals surface area contributed by atoms with Crippen LogP contribution in [0.15, 0.2) is 43.2 Å². The van der Waals surface area contributed by atoms with E-state index in [9.17, 15) is 0 Å². The van der Waals surface area contributed by atoms with Crippen molar-refractivity contribution in [2.24, 2.45) is 0 Å². The maximum atomic E-state index is 6.40. The Morgan fingerprint density at radius 3 is 2.36 bits per heavy atom. The average molecular weight is 493 g/mol. The Balaban J connectivity index is 1.90. The quantitative estimate of drug-likeness (QED) is 0.387. The third-order valence-corrected chi connectivity index (χ3v) is 5.74. The van der Waals surface area contributed by atoms with Crippen LogP contribution in [0, 0.1) is 0 Å². The van der Waals surface area contributed by atoms with Crippen LogP contribution in [0.2, 0.25) is 0 Å². The van der Waals surface area contributed by atoms with Gasteiger partial charge in [-0.3, -0.25) is 0 Å². The minimum absolute atomic E-state index is 0.349. The summed E-state index contributed by atoms with van der Waals surface area (Å²) in [5.41, 5.74) is 11.0. The van der Waals surface area contributed by atoms with Gasteiger partial charge < -0.3 is 35.2 Å². The van der Waals surface area contributed by atoms with Crippen molar-refractivity contribution < 1.29 is 9.47 Å². The van der Waals surface area contributed by atoms with Crippen LogP contribution in [0.1, 0.15) is 11.4 Å². The first-order valence-corrected chi connectivity index (χ1v) is 11.5. The van der Waals surface area contributed by atoms with Gasteiger partial charge in [0, 0.05) is 57.1 Å². The molecule has 192 valence electrons. The Morgan fingerprint density at radius 1 is 0.972 bits per heavy atom. The van der Waals surface area contributed by atoms with Gasteiger partial charge >= 0.3 is 0 Å². The van der Waals surface area contributed by atoms with Crippen LogP contribution in [0.5, 0.6) is 11.5 Å². The van der Waals surface area contributed by atoms with Gasteiger partial charge in [-0.05, 0) is 38.4 Å². The van der Waals surface area contributed by atoms with Crippen molar-refractivity contribution >= 4 is 34.3 Å². The zero-order valence-corrected chi connectivity index (χ0v) is 22.2. The summed E-state index contributed by atoms with van der Waals surface area (Å²) in [7, 11) is 13.3. The minimum atomic E-state index is 0.349. The van der Waals surface area contributed by atoms with Crippen LogP contribution in [0.4, 0.5) is 28.7 Å². The van der Waals surface area contributed by atoms with Crippen LogP contribution in [-0.4, -0.2) is 82.4 Å². The van der Waals surface area contributed by atoms with Crippen LogP contribution in [0.3, 0.4) is 0 Å². The molecular formula is C26H36N8O2. The number of methoxy groups -OCH3 is 2. The van der Waals surface area contributed by atoms with Gasteiger partial charge in [-0.25, -0.2) is 9.97 Å². The summed E-state index contributed by atoms with van der Waals surface area (Å²) in [4.78, 5) is 19.5. The molecule has 0 fully saturated rings. The lowest BCUT2D eigenvalue weighted by atomic mass is 10.0. The fourth-order valence-corrected chi connectivity index (χ4v) is 3.67. The summed E-state index contributed by atoms with van der Waals surface area (Å²) in [6.07, 6.45) is 1.45. The number of benzene rings is 2. The Morgan fingerprint density at radius 2 is 1.72 bits per heavy atom. The first-order valence-electron chi connectivity index (χ1n) is 11.5. The van der Waals surface area contributed by atoms with Crippen molar-refractivity contribution in [1.29, 1.82) is 0 Å². The van der Waals surface area contributed by atoms with Crippen LogP contribution >= 0.6 is 0 Å². The Kier molecular flexibility index (Phi) is 8.55. The largest absolute Gasteiger partial charge is 0.497 e. The van der Waals surface area contributed by atoms with Gasteiger partial charge in [0.1, 0.15) is 17.8 Å². The predicted octanol–water partition coefficient (Wildman–Crippen LogP) is 3.34. The van der Waals surface area contributed by atoms with Crippen molar-refractivity contribution in [3.8, 4) is 11.5 Å². The number of nitrogens with zero attached hydrogens (tertiary/aromatic N) is 6. The highest BCUT2D eigenvalue weighted by molar-refractivity contribution is 5.84. The highest BCUT2D eigenvalue weighted by Crippen LogP contribution is 2.36. The number of hydrogen-bond donors (Lipinski definition) is 2. The normalized spacial score (nSPS) is 10.8. The molecule has 3 N–H and O–H groups in total. The minimum Gasteiger partial charge on any atom is -0.497 e. The Bertz CT molecular complexity index is 1210. The average Bonchev–Trinajstić information content (AvgIpc) is 2.86. The second-order valence-electron chi connectivity index (χ2n) is 8.85. The number of anilines is 5. The molecule has 0 spiro atoms. The Hall–Kier alpha value is -4.05. The van der Waals surface area contributed by atoms with Crippen LogP contribution in [0.25, 0.3) is 5.57 Å². The lowest BCUT2D eigenvalue weighted by Gasteiger charge is -2.24. The van der Waals surface area contributed by atoms with Gasteiger partial charge in [0.15, 0.2) is 5.82 Å². The van der Waals surface area contributed by atoms with Gasteiger partial charge in [-0.15, -0.1) is 0 Å². The van der Waals surface area contributed by atoms with Gasteiger partial charge in [0.05, 0.1) is 31.3 Å². The summed E-state index contributed by atoms with van der Waals surface area (Å²) < 4.78 is 11.1. The lowest BCUT2D eigenvalue weighted by molar-refractivity contribution is 0.413. The van der Waals surface area contributed by atoms with E-state index in [4.69, 9.17) is 15.2 Å². The fourth-order valence-electron chi connectivity index (χ4n) is 3.67. The summed E-state index contributed by atoms with van der Waals surface area (Å²) >= 11 is 0. The van der Waals surface area contributed by atoms with Crippen molar-refractivity contribution in [2.75, 3.05) is 83.4 Å². The molecule has 3 aromatic rings. The molecule has 36 heavy (non-hydrogen) atoms. The van der Waals surface area contributed by atoms with E-state index in [1.807, 2.05) is 70.5 Å². The van der Waals surface area contributed by atoms with Gasteiger partial charge in [-0.1, -0.05) is 6.58 Å². The van der Waals surface area contributed by atoms with Crippen molar-refractivity contribution in [1.82, 2.24) is 19.9 Å². The van der Waals surface area contributed by atoms with Crippen molar-refractivity contribution in [3.63, 3.8) is 0 Å². The molecule has 0 aliphatic carbocycles. The molecule has 0 unspecified atom stereocenters. The third-order valence-electron chi connectivity index (χ3n) is 5.74. The molecule has 2 aromatic carbocycles. The van der Waals surface area contributed by atoms with E-state index in [0.717, 1.165) is 35.8 Å². The number of nitrogen functional groups attached to an aromatic ring is 1. The van der Waals surface area contributed by atoms with Gasteiger partial charge in [0.25, 0.3) is 0 Å². The molecule has 1 heterocycles. The standard InChI is InChI=1S/C26H36N8O2/c1-17(19-13-18(35-7)9-10-22(19)33(4)5)25-28-16-29-26(31-25)30-21-14-20(27)23(15-24(21)36-8)34(6)12-11-32(2)3/h9-10,13-16H,1,11-12,27H2,2-8H3,(H,28,29,30,31). The molecular weight excluding hydrogens is 456 g/mol. The zero-order valence-electron chi connectivity index (χ0n) is 22.2. The van der Waals surface area contributed by atoms with Crippen molar-refractivity contribution in [3.05, 3.63) is 54.6 Å². The number of hydrogen-bond acceptors (Lipinski definition) is 10. The second-order valence-corrected chi connectivity index (χ2v) is 8.85. The number of nitrogens with one attached hydrogen (secondary N) is 1. The molecule has 0 saturated carbocycles. The molecule has 10 nitrogen and oxygen atoms in total. The van der Waals surface area contributed by atoms with Gasteiger partial charge in [0.2, 0.25) is 5.95 Å². The predicted molar refractivity (Wildman–Crippen MR) is 148 cm³/mol. The number of rotatable bonds is 11. The maximum Gasteiger partial charge on any atom is 0.230 e. The van der Waals surface area contributed by atoms with Crippen LogP contribution < -0.4 is 30.3 Å². The number of nitrogens with two attached hydrogens (primary N) is 1. The fraction of sp³-hybridized carbons (Fsp3) is 0.346. The topological polar surface area (TPSA) is 105 Å². The first-order chi connectivity index (χ1) is 17.1. The van der Waals surface area contributed by atoms with E-state index in [2.05, 4.69) is 36.6 Å². The van der Waals surface area contributed by atoms with E-state index in [1.54, 1.807) is 14.2 Å². The molecule has 1 aromatic heterocycles. The number of aromatic nitrogens is 3. The highest BCUT2D eigenvalue weighted by Gasteiger charge is 2.16. The van der Waals surface area contributed by atoms with Crippen molar-refractivity contribution in [2.45, 2.75) is 0 Å². The van der Waals surface area contributed by atoms with E-state index in [1.165, 1.54) is 6.33 Å². The molecule has 0 atom stereocenters. The highest BCUT2D eigenvalue weighted by atomic mass is 16.5. The lowest BCUT2D eigenvalue weighted by Crippen LogP contribution is -2.29. The molecule has 0 bridgehead atoms. The van der Waals surface area contributed by atoms with Gasteiger partial charge in [-0.2, -0.15) is 4.98 Å². The Labute approximate surface area is 213 Å². The second kappa shape index (κ2) is 11.6. The summed E-state index contributed by atoms with van der Waals surface area (Å²) in [5.74, 6) is 2.14. The molecule has 0 aliphatic heterocycles. The molecule has 10 heteroatoms. The maximum absolute atomic E-state index is 6.40. The van der Waals surface area contributed by atoms with E-state index in [0.29, 0.717) is 34.5 Å². The number of ether oxygens (including phenoxy) is 2. The zero-order chi connectivity index (χ0) is 26.4. The monoisotopic (exact) mass is 492 g/mol. The SMILES string of the molecule is C=C(c1ncnc(Nc2cc(N)c(N(C)CCN(C)C)cc2OC)n1)c1cc(OC)ccc1N(C)C. The smallest absolute Gasteiger partial charge is 0.230 e. The molecule has 3 rings (SSSR count). The summed E-state index contributed by atoms with van der Waals surface area (Å²) in [6, 6.07) is 9.54. The first kappa shape index (κ1) is 26.6. The third kappa shape index (κ3) is 6.14. The molecule has 0 amide bonds.